The van der Waals surface area contributed by atoms with E-state index in [9.17, 15) is 42.0 Å². The number of carboxylic acid groups (broad SMARTS) is 1. The van der Waals surface area contributed by atoms with Crippen LogP contribution in [0.2, 0.25) is 0 Å². The summed E-state index contributed by atoms with van der Waals surface area (Å²) in [5, 5.41) is 15.8. The lowest BCUT2D eigenvalue weighted by molar-refractivity contribution is -0.138. The molecule has 4 N–H and O–H groups in total. The number of benzene rings is 2. The van der Waals surface area contributed by atoms with Gasteiger partial charge in [0, 0.05) is 72.8 Å². The number of nitrogens with zero attached hydrogens (tertiary/aromatic N) is 2. The number of hydrogen-bond donors (Lipinski definition) is 4. The molecule has 0 saturated carbocycles. The van der Waals surface area contributed by atoms with Gasteiger partial charge in [0.05, 0.1) is 5.75 Å². The Kier molecular flexibility index (Phi) is 14.0. The van der Waals surface area contributed by atoms with Crippen molar-refractivity contribution in [3.63, 3.8) is 0 Å². The Morgan fingerprint density at radius 3 is 2.25 bits per heavy atom. The van der Waals surface area contributed by atoms with E-state index in [-0.39, 0.29) is 66.9 Å². The molecular formula is C41H44N4O11S. The molecule has 16 heteroatoms. The van der Waals surface area contributed by atoms with Crippen LogP contribution in [0.4, 0.5) is 5.69 Å². The normalized spacial score (nSPS) is 14.3. The first kappa shape index (κ1) is 41.9. The van der Waals surface area contributed by atoms with Gasteiger partial charge in [-0.15, -0.1) is 0 Å². The molecule has 15 nitrogen and oxygen atoms in total. The number of carbonyl (C=O) groups excluding carboxylic acids is 3. The van der Waals surface area contributed by atoms with Crippen molar-refractivity contribution < 1.29 is 46.1 Å². The molecule has 57 heavy (non-hydrogen) atoms. The number of aliphatic carboxylic acids is 1. The van der Waals surface area contributed by atoms with Crippen LogP contribution in [0.5, 0.6) is 0 Å². The Balaban J connectivity index is 1.40. The molecule has 0 bridgehead atoms. The largest absolute Gasteiger partial charge is 0.481 e. The third-order valence-corrected chi connectivity index (χ3v) is 9.99. The molecule has 2 aromatic heterocycles. The van der Waals surface area contributed by atoms with E-state index in [2.05, 4.69) is 15.5 Å². The first-order valence-electron chi connectivity index (χ1n) is 18.4. The second-order valence-corrected chi connectivity index (χ2v) is 14.7. The molecule has 4 aromatic rings. The van der Waals surface area contributed by atoms with Gasteiger partial charge in [0.2, 0.25) is 5.91 Å². The predicted molar refractivity (Wildman–Crippen MR) is 216 cm³/mol. The van der Waals surface area contributed by atoms with E-state index in [1.54, 1.807) is 60.7 Å². The van der Waals surface area contributed by atoms with Crippen molar-refractivity contribution in [2.24, 2.45) is 0 Å². The van der Waals surface area contributed by atoms with E-state index in [4.69, 9.17) is 8.83 Å². The molecule has 0 fully saturated rings. The predicted octanol–water partition coefficient (Wildman–Crippen LogP) is 4.85. The lowest BCUT2D eigenvalue weighted by Gasteiger charge is -2.28. The average Bonchev–Trinajstić information content (AvgIpc) is 3.58. The highest BCUT2D eigenvalue weighted by Crippen LogP contribution is 2.30. The molecule has 0 radical (unpaired) electrons. The van der Waals surface area contributed by atoms with Gasteiger partial charge in [-0.1, -0.05) is 36.4 Å². The van der Waals surface area contributed by atoms with Crippen molar-refractivity contribution in [2.75, 3.05) is 43.4 Å². The molecule has 0 saturated heterocycles. The van der Waals surface area contributed by atoms with Crippen LogP contribution < -0.4 is 21.2 Å². The van der Waals surface area contributed by atoms with Crippen LogP contribution in [-0.4, -0.2) is 91.2 Å². The minimum Gasteiger partial charge on any atom is -0.481 e. The maximum atomic E-state index is 14.0. The van der Waals surface area contributed by atoms with Crippen LogP contribution in [0, 0.1) is 0 Å². The van der Waals surface area contributed by atoms with E-state index in [0.717, 1.165) is 18.8 Å². The van der Waals surface area contributed by atoms with Gasteiger partial charge in [-0.25, -0.2) is 4.79 Å². The van der Waals surface area contributed by atoms with Gasteiger partial charge in [0.15, 0.2) is 0 Å². The Morgan fingerprint density at radius 1 is 0.825 bits per heavy atom. The summed E-state index contributed by atoms with van der Waals surface area (Å²) in [7, 11) is -4.36. The number of nitrogens with one attached hydrogen (secondary N) is 2. The van der Waals surface area contributed by atoms with Crippen LogP contribution in [0.15, 0.2) is 110 Å². The third-order valence-electron chi connectivity index (χ3n) is 9.18. The summed E-state index contributed by atoms with van der Waals surface area (Å²) >= 11 is 0. The van der Waals surface area contributed by atoms with Crippen LogP contribution in [-0.2, 0) is 24.5 Å². The Morgan fingerprint density at radius 2 is 1.51 bits per heavy atom. The minimum absolute atomic E-state index is 0.0158. The van der Waals surface area contributed by atoms with Gasteiger partial charge < -0.3 is 34.4 Å². The van der Waals surface area contributed by atoms with Crippen LogP contribution >= 0.6 is 0 Å². The smallest absolute Gasteiger partial charge is 0.347 e. The summed E-state index contributed by atoms with van der Waals surface area (Å²) in [4.78, 5) is 68.6. The lowest BCUT2D eigenvalue weighted by atomic mass is 10.1. The van der Waals surface area contributed by atoms with Crippen molar-refractivity contribution in [3.05, 3.63) is 113 Å². The first-order valence-corrected chi connectivity index (χ1v) is 20.0. The van der Waals surface area contributed by atoms with Crippen LogP contribution in [0.3, 0.4) is 0 Å². The summed E-state index contributed by atoms with van der Waals surface area (Å²) in [6.45, 7) is 4.97. The summed E-state index contributed by atoms with van der Waals surface area (Å²) in [5.41, 5.74) is 1.52. The highest BCUT2D eigenvalue weighted by atomic mass is 32.2. The van der Waals surface area contributed by atoms with Crippen molar-refractivity contribution in [1.82, 2.24) is 15.5 Å². The maximum Gasteiger partial charge on any atom is 0.347 e. The fourth-order valence-corrected chi connectivity index (χ4v) is 6.72. The number of amides is 3. The standard InChI is InChI=1S/C41H44N4O11S/c1-3-44(4-2)31-18-17-28-22-32(41(51)56-35(28)25-31)36-23-29-15-16-30(24-34(29)55-36)39(49)43-33(26-42-38(48)27-12-8-6-5-7-9-13-27)40(50)45(19-10-14-37(46)47)20-11-21-57(52,53)54/h5-9,12-13,15-18,22-25,33H,3-4,10-11,14,19-21,26H2,1-2H3,(H,42,48)(H,43,49)(H,46,47)(H,52,53,54)/b6-5-,7-5?,8-6?,9-7-,12-8?,13-9?,27-12?,27-13?. The number of carboxylic acids is 1. The maximum absolute atomic E-state index is 14.0. The molecule has 5 rings (SSSR count). The quantitative estimate of drug-likeness (QED) is 0.0785. The topological polar surface area (TPSA) is 217 Å². The van der Waals surface area contributed by atoms with Crippen LogP contribution in [0.1, 0.15) is 43.5 Å². The fraction of sp³-hybridized carbons (Fsp3) is 0.293. The number of carbonyl (C=O) groups is 4. The lowest BCUT2D eigenvalue weighted by Crippen LogP contribution is -2.54. The summed E-state index contributed by atoms with van der Waals surface area (Å²) in [5.74, 6) is -3.54. The summed E-state index contributed by atoms with van der Waals surface area (Å²) < 4.78 is 43.8. The van der Waals surface area contributed by atoms with Gasteiger partial charge in [0.1, 0.15) is 28.5 Å². The molecule has 2 heterocycles. The fourth-order valence-electron chi connectivity index (χ4n) is 6.23. The number of anilines is 1. The summed E-state index contributed by atoms with van der Waals surface area (Å²) in [6.07, 6.45) is 11.2. The SMILES string of the molecule is CCN(CC)c1ccc2cc(-c3cc4ccc(C(=O)NC(CNC(=O)C5=C/C=C\C=C/C=C5)C(=O)N(CCCC(=O)O)CCCS(=O)(=O)O)cc4o3)c(=O)oc2c1. The van der Waals surface area contributed by atoms with Gasteiger partial charge in [-0.2, -0.15) is 8.42 Å². The zero-order valence-corrected chi connectivity index (χ0v) is 32.3. The van der Waals surface area contributed by atoms with Gasteiger partial charge in [-0.05, 0) is 75.2 Å². The number of fused-ring (bicyclic) bond motifs is 2. The number of rotatable bonds is 18. The van der Waals surface area contributed by atoms with Gasteiger partial charge in [-0.3, -0.25) is 23.7 Å². The Hall–Kier alpha value is -6.26. The van der Waals surface area contributed by atoms with Gasteiger partial charge in [0.25, 0.3) is 21.9 Å². The molecule has 300 valence electrons. The molecule has 1 unspecified atom stereocenters. The van der Waals surface area contributed by atoms with E-state index in [1.807, 2.05) is 32.0 Å². The number of allylic oxidation sites excluding steroid dienone is 6. The number of furan rings is 1. The van der Waals surface area contributed by atoms with E-state index < -0.39 is 51.2 Å². The molecular weight excluding hydrogens is 757 g/mol. The van der Waals surface area contributed by atoms with Crippen molar-refractivity contribution >= 4 is 61.4 Å². The molecule has 0 aliphatic heterocycles. The number of hydrogen-bond acceptors (Lipinski definition) is 10. The zero-order valence-electron chi connectivity index (χ0n) is 31.5. The zero-order chi connectivity index (χ0) is 41.1. The Bertz CT molecular complexity index is 2440. The summed E-state index contributed by atoms with van der Waals surface area (Å²) in [6, 6.07) is 12.1. The van der Waals surface area contributed by atoms with Crippen molar-refractivity contribution in [1.29, 1.82) is 0 Å². The van der Waals surface area contributed by atoms with Gasteiger partial charge >= 0.3 is 11.6 Å². The first-order chi connectivity index (χ1) is 27.3. The van der Waals surface area contributed by atoms with Crippen molar-refractivity contribution in [2.45, 2.75) is 39.2 Å². The van der Waals surface area contributed by atoms with E-state index in [1.165, 1.54) is 17.0 Å². The molecule has 1 atom stereocenters. The molecule has 3 amide bonds. The second-order valence-electron chi connectivity index (χ2n) is 13.2. The minimum atomic E-state index is -4.36. The second kappa shape index (κ2) is 19.1. The molecule has 1 aliphatic carbocycles. The molecule has 1 aliphatic rings. The molecule has 0 spiro atoms. The van der Waals surface area contributed by atoms with E-state index >= 15 is 0 Å². The Labute approximate surface area is 328 Å². The third kappa shape index (κ3) is 11.4. The van der Waals surface area contributed by atoms with Crippen LogP contribution in [0.25, 0.3) is 33.3 Å². The monoisotopic (exact) mass is 800 g/mol. The highest BCUT2D eigenvalue weighted by Gasteiger charge is 2.28. The average molecular weight is 801 g/mol. The van der Waals surface area contributed by atoms with E-state index in [0.29, 0.717) is 16.4 Å². The highest BCUT2D eigenvalue weighted by molar-refractivity contribution is 7.85. The molecule has 2 aromatic carbocycles. The van der Waals surface area contributed by atoms with Crippen molar-refractivity contribution in [3.8, 4) is 11.3 Å².